The number of para-hydroxylation sites is 1. The van der Waals surface area contributed by atoms with Crippen LogP contribution in [0.3, 0.4) is 0 Å². The Labute approximate surface area is 187 Å². The van der Waals surface area contributed by atoms with Crippen LogP contribution in [0.1, 0.15) is 16.1 Å². The molecule has 0 radical (unpaired) electrons. The van der Waals surface area contributed by atoms with Gasteiger partial charge in [0.1, 0.15) is 5.65 Å². The lowest BCUT2D eigenvalue weighted by Crippen LogP contribution is -2.36. The van der Waals surface area contributed by atoms with E-state index in [0.29, 0.717) is 21.0 Å². The SMILES string of the molecule is O=C(N=c1scc(CN2CCOCC2)n1-c1ccccc1Cl)c1c[nH]c2ncccc12. The monoisotopic (exact) mass is 453 g/mol. The maximum Gasteiger partial charge on any atom is 0.281 e. The number of amides is 1. The number of aromatic amines is 1. The van der Waals surface area contributed by atoms with Crippen molar-refractivity contribution in [1.29, 1.82) is 0 Å². The molecule has 1 aliphatic rings. The van der Waals surface area contributed by atoms with Crippen molar-refractivity contribution >= 4 is 39.9 Å². The smallest absolute Gasteiger partial charge is 0.281 e. The Bertz CT molecular complexity index is 1300. The van der Waals surface area contributed by atoms with Crippen LogP contribution in [0.25, 0.3) is 16.7 Å². The van der Waals surface area contributed by atoms with Crippen LogP contribution in [0.5, 0.6) is 0 Å². The summed E-state index contributed by atoms with van der Waals surface area (Å²) in [5.74, 6) is -0.320. The first-order valence-corrected chi connectivity index (χ1v) is 11.2. The quantitative estimate of drug-likeness (QED) is 0.512. The number of fused-ring (bicyclic) bond motifs is 1. The summed E-state index contributed by atoms with van der Waals surface area (Å²) in [6.45, 7) is 3.91. The van der Waals surface area contributed by atoms with Gasteiger partial charge in [-0.3, -0.25) is 14.3 Å². The molecule has 0 aliphatic carbocycles. The molecule has 1 amide bonds. The first-order valence-electron chi connectivity index (χ1n) is 9.96. The second-order valence-corrected chi connectivity index (χ2v) is 8.45. The van der Waals surface area contributed by atoms with E-state index in [4.69, 9.17) is 16.3 Å². The van der Waals surface area contributed by atoms with E-state index in [0.717, 1.165) is 49.6 Å². The highest BCUT2D eigenvalue weighted by atomic mass is 35.5. The molecule has 3 aromatic heterocycles. The van der Waals surface area contributed by atoms with Gasteiger partial charge in [-0.05, 0) is 24.3 Å². The van der Waals surface area contributed by atoms with E-state index in [1.54, 1.807) is 12.4 Å². The number of ether oxygens (including phenoxy) is 1. The summed E-state index contributed by atoms with van der Waals surface area (Å²) in [5.41, 5.74) is 3.00. The highest BCUT2D eigenvalue weighted by molar-refractivity contribution is 7.07. The summed E-state index contributed by atoms with van der Waals surface area (Å²) in [6.07, 6.45) is 3.35. The molecule has 0 spiro atoms. The molecule has 4 aromatic rings. The molecule has 0 saturated carbocycles. The normalized spacial score (nSPS) is 15.6. The number of halogens is 1. The van der Waals surface area contributed by atoms with Crippen molar-refractivity contribution in [3.63, 3.8) is 0 Å². The second-order valence-electron chi connectivity index (χ2n) is 7.20. The van der Waals surface area contributed by atoms with Crippen molar-refractivity contribution < 1.29 is 9.53 Å². The predicted molar refractivity (Wildman–Crippen MR) is 121 cm³/mol. The average Bonchev–Trinajstić information content (AvgIpc) is 3.39. The number of nitrogens with zero attached hydrogens (tertiary/aromatic N) is 4. The highest BCUT2D eigenvalue weighted by Crippen LogP contribution is 2.23. The third kappa shape index (κ3) is 4.07. The Morgan fingerprint density at radius 2 is 2.06 bits per heavy atom. The Balaban J connectivity index is 1.59. The summed E-state index contributed by atoms with van der Waals surface area (Å²) in [7, 11) is 0. The lowest BCUT2D eigenvalue weighted by atomic mass is 10.2. The summed E-state index contributed by atoms with van der Waals surface area (Å²) in [4.78, 5) is 27.8. The molecule has 0 atom stereocenters. The van der Waals surface area contributed by atoms with E-state index in [1.807, 2.05) is 46.3 Å². The number of morpholine rings is 1. The zero-order chi connectivity index (χ0) is 21.2. The van der Waals surface area contributed by atoms with E-state index in [2.05, 4.69) is 19.9 Å². The molecule has 1 fully saturated rings. The topological polar surface area (TPSA) is 75.5 Å². The van der Waals surface area contributed by atoms with Gasteiger partial charge in [0.25, 0.3) is 5.91 Å². The van der Waals surface area contributed by atoms with Crippen molar-refractivity contribution in [2.24, 2.45) is 4.99 Å². The van der Waals surface area contributed by atoms with Gasteiger partial charge < -0.3 is 9.72 Å². The van der Waals surface area contributed by atoms with Crippen molar-refractivity contribution in [3.8, 4) is 5.69 Å². The molecule has 1 aliphatic heterocycles. The van der Waals surface area contributed by atoms with Crippen LogP contribution in [0.2, 0.25) is 5.02 Å². The standard InChI is InChI=1S/C22H20ClN5O2S/c23-18-5-1-2-6-19(18)28-15(13-27-8-10-30-11-9-27)14-31-22(28)26-21(29)17-12-25-20-16(17)4-3-7-24-20/h1-7,12,14H,8-11,13H2,(H,24,25). The number of nitrogens with one attached hydrogen (secondary N) is 1. The van der Waals surface area contributed by atoms with Crippen LogP contribution in [0.4, 0.5) is 0 Å². The van der Waals surface area contributed by atoms with Gasteiger partial charge in [-0.25, -0.2) is 4.98 Å². The van der Waals surface area contributed by atoms with Gasteiger partial charge in [0, 0.05) is 48.5 Å². The van der Waals surface area contributed by atoms with Gasteiger partial charge >= 0.3 is 0 Å². The van der Waals surface area contributed by atoms with Crippen molar-refractivity contribution in [2.75, 3.05) is 26.3 Å². The van der Waals surface area contributed by atoms with Gasteiger partial charge in [-0.2, -0.15) is 4.99 Å². The second kappa shape index (κ2) is 8.76. The van der Waals surface area contributed by atoms with Gasteiger partial charge in [-0.1, -0.05) is 23.7 Å². The maximum atomic E-state index is 13.1. The van der Waals surface area contributed by atoms with E-state index in [1.165, 1.54) is 11.3 Å². The lowest BCUT2D eigenvalue weighted by Gasteiger charge is -2.26. The molecular formula is C22H20ClN5O2S. The Hall–Kier alpha value is -2.78. The van der Waals surface area contributed by atoms with Crippen molar-refractivity contribution in [3.05, 3.63) is 75.3 Å². The summed E-state index contributed by atoms with van der Waals surface area (Å²) >= 11 is 7.96. The molecule has 9 heteroatoms. The summed E-state index contributed by atoms with van der Waals surface area (Å²) in [5, 5.41) is 3.40. The third-order valence-corrected chi connectivity index (χ3v) is 6.43. The van der Waals surface area contributed by atoms with Crippen LogP contribution in [0, 0.1) is 0 Å². The van der Waals surface area contributed by atoms with Crippen LogP contribution in [-0.2, 0) is 11.3 Å². The van der Waals surface area contributed by atoms with Gasteiger partial charge in [0.05, 0.1) is 29.5 Å². The number of hydrogen-bond donors (Lipinski definition) is 1. The molecule has 7 nitrogen and oxygen atoms in total. The van der Waals surface area contributed by atoms with E-state index in [-0.39, 0.29) is 5.91 Å². The van der Waals surface area contributed by atoms with E-state index >= 15 is 0 Å². The fraction of sp³-hybridized carbons (Fsp3) is 0.227. The largest absolute Gasteiger partial charge is 0.379 e. The number of rotatable bonds is 4. The zero-order valence-corrected chi connectivity index (χ0v) is 18.2. The van der Waals surface area contributed by atoms with Crippen molar-refractivity contribution in [1.82, 2.24) is 19.4 Å². The minimum Gasteiger partial charge on any atom is -0.379 e. The fourth-order valence-electron chi connectivity index (χ4n) is 3.69. The lowest BCUT2D eigenvalue weighted by molar-refractivity contribution is 0.0334. The van der Waals surface area contributed by atoms with Gasteiger partial charge in [0.15, 0.2) is 4.80 Å². The number of benzene rings is 1. The van der Waals surface area contributed by atoms with Crippen molar-refractivity contribution in [2.45, 2.75) is 6.54 Å². The number of hydrogen-bond acceptors (Lipinski definition) is 5. The molecule has 5 rings (SSSR count). The number of aromatic nitrogens is 3. The molecule has 4 heterocycles. The molecule has 0 unspecified atom stereocenters. The molecule has 1 N–H and O–H groups in total. The van der Waals surface area contributed by atoms with E-state index < -0.39 is 0 Å². The van der Waals surface area contributed by atoms with Crippen LogP contribution >= 0.6 is 22.9 Å². The number of carbonyl (C=O) groups is 1. The van der Waals surface area contributed by atoms with Crippen LogP contribution < -0.4 is 4.80 Å². The maximum absolute atomic E-state index is 13.1. The van der Waals surface area contributed by atoms with Gasteiger partial charge in [-0.15, -0.1) is 11.3 Å². The molecule has 31 heavy (non-hydrogen) atoms. The predicted octanol–water partition coefficient (Wildman–Crippen LogP) is 3.64. The number of pyridine rings is 1. The molecule has 1 aromatic carbocycles. The Morgan fingerprint density at radius 3 is 2.90 bits per heavy atom. The highest BCUT2D eigenvalue weighted by Gasteiger charge is 2.18. The minimum atomic E-state index is -0.320. The first kappa shape index (κ1) is 20.1. The minimum absolute atomic E-state index is 0.320. The van der Waals surface area contributed by atoms with Crippen LogP contribution in [0.15, 0.2) is 59.2 Å². The average molecular weight is 454 g/mol. The van der Waals surface area contributed by atoms with E-state index in [9.17, 15) is 4.79 Å². The number of H-pyrrole nitrogens is 1. The molecular weight excluding hydrogens is 434 g/mol. The number of carbonyl (C=O) groups excluding carboxylic acids is 1. The zero-order valence-electron chi connectivity index (χ0n) is 16.6. The summed E-state index contributed by atoms with van der Waals surface area (Å²) < 4.78 is 7.45. The van der Waals surface area contributed by atoms with Crippen LogP contribution in [-0.4, -0.2) is 51.6 Å². The van der Waals surface area contributed by atoms with Gasteiger partial charge in [0.2, 0.25) is 0 Å². The Kier molecular flexibility index (Phi) is 5.69. The number of thiazole rings is 1. The third-order valence-electron chi connectivity index (χ3n) is 5.24. The molecule has 1 saturated heterocycles. The molecule has 0 bridgehead atoms. The summed E-state index contributed by atoms with van der Waals surface area (Å²) in [6, 6.07) is 11.3. The molecule has 158 valence electrons. The fourth-order valence-corrected chi connectivity index (χ4v) is 4.79. The first-order chi connectivity index (χ1) is 15.2. The Morgan fingerprint density at radius 1 is 1.23 bits per heavy atom.